The molecule has 0 spiro atoms. The second kappa shape index (κ2) is 4.42. The van der Waals surface area contributed by atoms with Crippen LogP contribution in [0.4, 0.5) is 13.2 Å². The maximum absolute atomic E-state index is 12.4. The monoisotopic (exact) mass is 270 g/mol. The lowest BCUT2D eigenvalue weighted by Gasteiger charge is -2.05. The number of nitrogens with two attached hydrogens (primary N) is 1. The molecule has 0 aliphatic rings. The molecule has 2 aromatic rings. The number of aromatic nitrogens is 1. The molecule has 0 aliphatic heterocycles. The van der Waals surface area contributed by atoms with Crippen LogP contribution in [0.3, 0.4) is 0 Å². The summed E-state index contributed by atoms with van der Waals surface area (Å²) in [5.74, 6) is -0.471. The second-order valence-electron chi connectivity index (χ2n) is 3.86. The van der Waals surface area contributed by atoms with Crippen molar-refractivity contribution in [1.29, 1.82) is 0 Å². The first kappa shape index (κ1) is 13.1. The molecule has 100 valence electrons. The van der Waals surface area contributed by atoms with Crippen LogP contribution >= 0.6 is 0 Å². The predicted octanol–water partition coefficient (Wildman–Crippen LogP) is 2.77. The Morgan fingerprint density at radius 3 is 2.26 bits per heavy atom. The van der Waals surface area contributed by atoms with Gasteiger partial charge in [-0.05, 0) is 31.2 Å². The van der Waals surface area contributed by atoms with Gasteiger partial charge in [0.1, 0.15) is 5.76 Å². The van der Waals surface area contributed by atoms with Gasteiger partial charge >= 0.3 is 6.18 Å². The van der Waals surface area contributed by atoms with Crippen LogP contribution in [0.1, 0.15) is 21.8 Å². The molecule has 0 atom stereocenters. The van der Waals surface area contributed by atoms with Gasteiger partial charge in [-0.25, -0.2) is 4.98 Å². The molecular weight excluding hydrogens is 261 g/mol. The van der Waals surface area contributed by atoms with Crippen molar-refractivity contribution in [3.05, 3.63) is 41.3 Å². The first-order valence-electron chi connectivity index (χ1n) is 5.24. The summed E-state index contributed by atoms with van der Waals surface area (Å²) in [6, 6.07) is 4.27. The van der Waals surface area contributed by atoms with Gasteiger partial charge in [0.15, 0.2) is 5.69 Å². The van der Waals surface area contributed by atoms with E-state index < -0.39 is 17.6 Å². The first-order chi connectivity index (χ1) is 8.79. The van der Waals surface area contributed by atoms with Gasteiger partial charge in [-0.2, -0.15) is 13.2 Å². The Labute approximate surface area is 106 Å². The Morgan fingerprint density at radius 2 is 1.84 bits per heavy atom. The summed E-state index contributed by atoms with van der Waals surface area (Å²) in [5, 5.41) is 0. The summed E-state index contributed by atoms with van der Waals surface area (Å²) < 4.78 is 42.4. The third-order valence-electron chi connectivity index (χ3n) is 2.49. The van der Waals surface area contributed by atoms with Crippen LogP contribution in [0.25, 0.3) is 11.5 Å². The van der Waals surface area contributed by atoms with E-state index in [9.17, 15) is 18.0 Å². The van der Waals surface area contributed by atoms with E-state index in [-0.39, 0.29) is 17.3 Å². The van der Waals surface area contributed by atoms with Gasteiger partial charge in [-0.1, -0.05) is 0 Å². The predicted molar refractivity (Wildman–Crippen MR) is 60.2 cm³/mol. The molecule has 2 rings (SSSR count). The average molecular weight is 270 g/mol. The van der Waals surface area contributed by atoms with Gasteiger partial charge in [0.05, 0.1) is 5.56 Å². The molecule has 0 aliphatic carbocycles. The van der Waals surface area contributed by atoms with Gasteiger partial charge in [0.25, 0.3) is 5.91 Å². The van der Waals surface area contributed by atoms with Crippen molar-refractivity contribution in [2.45, 2.75) is 13.1 Å². The number of nitrogens with zero attached hydrogens (tertiary/aromatic N) is 1. The van der Waals surface area contributed by atoms with E-state index in [0.29, 0.717) is 5.56 Å². The van der Waals surface area contributed by atoms with Crippen LogP contribution in [-0.2, 0) is 6.18 Å². The number of aryl methyl sites for hydroxylation is 1. The van der Waals surface area contributed by atoms with E-state index in [0.717, 1.165) is 12.1 Å². The number of primary amides is 1. The van der Waals surface area contributed by atoms with Crippen LogP contribution in [0.2, 0.25) is 0 Å². The van der Waals surface area contributed by atoms with Crippen LogP contribution in [0, 0.1) is 6.92 Å². The van der Waals surface area contributed by atoms with Crippen LogP contribution in [-0.4, -0.2) is 10.9 Å². The summed E-state index contributed by atoms with van der Waals surface area (Å²) in [4.78, 5) is 14.9. The number of benzene rings is 1. The zero-order valence-electron chi connectivity index (χ0n) is 9.78. The van der Waals surface area contributed by atoms with Crippen molar-refractivity contribution in [2.75, 3.05) is 0 Å². The van der Waals surface area contributed by atoms with Gasteiger partial charge in [-0.15, -0.1) is 0 Å². The van der Waals surface area contributed by atoms with E-state index >= 15 is 0 Å². The molecule has 19 heavy (non-hydrogen) atoms. The van der Waals surface area contributed by atoms with E-state index in [2.05, 4.69) is 4.98 Å². The average Bonchev–Trinajstić information content (AvgIpc) is 2.70. The summed E-state index contributed by atoms with van der Waals surface area (Å²) >= 11 is 0. The summed E-state index contributed by atoms with van der Waals surface area (Å²) in [7, 11) is 0. The zero-order chi connectivity index (χ0) is 14.2. The number of oxazole rings is 1. The quantitative estimate of drug-likeness (QED) is 0.912. The molecule has 1 aromatic heterocycles. The van der Waals surface area contributed by atoms with Crippen molar-refractivity contribution < 1.29 is 22.4 Å². The largest absolute Gasteiger partial charge is 0.441 e. The number of hydrogen-bond acceptors (Lipinski definition) is 3. The smallest absolute Gasteiger partial charge is 0.416 e. The van der Waals surface area contributed by atoms with Crippen molar-refractivity contribution in [1.82, 2.24) is 4.98 Å². The van der Waals surface area contributed by atoms with Crippen LogP contribution in [0.15, 0.2) is 28.7 Å². The minimum Gasteiger partial charge on any atom is -0.441 e. The third-order valence-corrected chi connectivity index (χ3v) is 2.49. The molecule has 0 saturated heterocycles. The zero-order valence-corrected chi connectivity index (χ0v) is 9.78. The molecule has 0 bridgehead atoms. The molecule has 2 N–H and O–H groups in total. The number of halogens is 3. The van der Waals surface area contributed by atoms with Crippen molar-refractivity contribution in [3.63, 3.8) is 0 Å². The van der Waals surface area contributed by atoms with Crippen LogP contribution < -0.4 is 5.73 Å². The number of hydrogen-bond donors (Lipinski definition) is 1. The third kappa shape index (κ3) is 2.59. The lowest BCUT2D eigenvalue weighted by Crippen LogP contribution is -2.12. The van der Waals surface area contributed by atoms with Gasteiger partial charge in [-0.3, -0.25) is 4.79 Å². The normalized spacial score (nSPS) is 11.6. The molecule has 0 saturated carbocycles. The van der Waals surface area contributed by atoms with E-state index in [1.807, 2.05) is 0 Å². The molecule has 7 heteroatoms. The summed E-state index contributed by atoms with van der Waals surface area (Å²) in [6.45, 7) is 1.50. The number of carbonyl (C=O) groups excluding carboxylic acids is 1. The van der Waals surface area contributed by atoms with E-state index in [4.69, 9.17) is 10.2 Å². The fraction of sp³-hybridized carbons (Fsp3) is 0.167. The van der Waals surface area contributed by atoms with Gasteiger partial charge < -0.3 is 10.2 Å². The topological polar surface area (TPSA) is 69.1 Å². The number of alkyl halides is 3. The minimum absolute atomic E-state index is 0.0325. The minimum atomic E-state index is -4.40. The molecule has 0 fully saturated rings. The molecule has 0 radical (unpaired) electrons. The van der Waals surface area contributed by atoms with Gasteiger partial charge in [0, 0.05) is 5.56 Å². The Hall–Kier alpha value is -2.31. The number of amides is 1. The Morgan fingerprint density at radius 1 is 1.26 bits per heavy atom. The highest BCUT2D eigenvalue weighted by Crippen LogP contribution is 2.31. The Kier molecular flexibility index (Phi) is 3.05. The molecular formula is C12H9F3N2O2. The Balaban J connectivity index is 2.38. The number of rotatable bonds is 2. The maximum atomic E-state index is 12.4. The second-order valence-corrected chi connectivity index (χ2v) is 3.86. The van der Waals surface area contributed by atoms with Crippen molar-refractivity contribution in [2.24, 2.45) is 5.73 Å². The summed E-state index contributed by atoms with van der Waals surface area (Å²) in [5.41, 5.74) is 4.61. The number of carbonyl (C=O) groups is 1. The summed E-state index contributed by atoms with van der Waals surface area (Å²) in [6.07, 6.45) is -4.40. The SMILES string of the molecule is Cc1oc(-c2ccc(C(F)(F)F)cc2)nc1C(N)=O. The molecule has 1 amide bonds. The van der Waals surface area contributed by atoms with Crippen molar-refractivity contribution in [3.8, 4) is 11.5 Å². The molecule has 0 unspecified atom stereocenters. The fourth-order valence-corrected chi connectivity index (χ4v) is 1.55. The van der Waals surface area contributed by atoms with E-state index in [1.165, 1.54) is 19.1 Å². The highest BCUT2D eigenvalue weighted by Gasteiger charge is 2.30. The van der Waals surface area contributed by atoms with Crippen LogP contribution in [0.5, 0.6) is 0 Å². The maximum Gasteiger partial charge on any atom is 0.416 e. The van der Waals surface area contributed by atoms with Crippen molar-refractivity contribution >= 4 is 5.91 Å². The lowest BCUT2D eigenvalue weighted by molar-refractivity contribution is -0.137. The highest BCUT2D eigenvalue weighted by molar-refractivity contribution is 5.92. The highest BCUT2D eigenvalue weighted by atomic mass is 19.4. The fourth-order valence-electron chi connectivity index (χ4n) is 1.55. The first-order valence-corrected chi connectivity index (χ1v) is 5.24. The lowest BCUT2D eigenvalue weighted by atomic mass is 10.1. The molecule has 1 heterocycles. The van der Waals surface area contributed by atoms with E-state index in [1.54, 1.807) is 0 Å². The molecule has 1 aromatic carbocycles. The van der Waals surface area contributed by atoms with Gasteiger partial charge in [0.2, 0.25) is 5.89 Å². The standard InChI is InChI=1S/C12H9F3N2O2/c1-6-9(10(16)18)17-11(19-6)7-2-4-8(5-3-7)12(13,14)15/h2-5H,1H3,(H2,16,18). The Bertz CT molecular complexity index is 615. The molecule has 4 nitrogen and oxygen atoms in total.